The van der Waals surface area contributed by atoms with E-state index in [2.05, 4.69) is 17.6 Å². The molecule has 0 aliphatic heterocycles. The first-order valence-electron chi connectivity index (χ1n) is 7.29. The Hall–Kier alpha value is -1.46. The predicted octanol–water partition coefficient (Wildman–Crippen LogP) is 2.34. The summed E-state index contributed by atoms with van der Waals surface area (Å²) in [7, 11) is 0. The Kier molecular flexibility index (Phi) is 8.76. The van der Waals surface area contributed by atoms with Crippen molar-refractivity contribution in [3.63, 3.8) is 0 Å². The fraction of sp³-hybridized carbons (Fsp3) is 0.857. The Balaban J connectivity index is 3.82. The van der Waals surface area contributed by atoms with Crippen LogP contribution in [0.5, 0.6) is 0 Å². The molecule has 2 N–H and O–H groups in total. The van der Waals surface area contributed by atoms with Crippen LogP contribution in [0.25, 0.3) is 0 Å². The average Bonchev–Trinajstić information content (AvgIpc) is 2.33. The van der Waals surface area contributed by atoms with E-state index >= 15 is 0 Å². The second-order valence-electron chi connectivity index (χ2n) is 5.59. The molecule has 0 bridgehead atoms. The van der Waals surface area contributed by atoms with Gasteiger partial charge < -0.3 is 20.3 Å². The minimum absolute atomic E-state index is 0.0908. The van der Waals surface area contributed by atoms with E-state index in [4.69, 9.17) is 4.74 Å². The van der Waals surface area contributed by atoms with Crippen LogP contribution in [0, 0.1) is 0 Å². The van der Waals surface area contributed by atoms with Gasteiger partial charge in [-0.3, -0.25) is 0 Å². The molecule has 0 atom stereocenters. The van der Waals surface area contributed by atoms with Gasteiger partial charge in [-0.2, -0.15) is 0 Å². The molecule has 0 fully saturated rings. The largest absolute Gasteiger partial charge is 0.444 e. The van der Waals surface area contributed by atoms with Crippen molar-refractivity contribution in [2.45, 2.75) is 53.1 Å². The topological polar surface area (TPSA) is 70.7 Å². The van der Waals surface area contributed by atoms with E-state index in [0.717, 1.165) is 19.4 Å². The summed E-state index contributed by atoms with van der Waals surface area (Å²) in [6.07, 6.45) is 1.59. The molecule has 0 aromatic carbocycles. The van der Waals surface area contributed by atoms with E-state index < -0.39 is 11.7 Å². The Morgan fingerprint density at radius 3 is 2.20 bits per heavy atom. The number of alkyl carbamates (subject to hydrolysis) is 1. The van der Waals surface area contributed by atoms with Gasteiger partial charge in [0.2, 0.25) is 0 Å². The number of nitrogens with one attached hydrogen (secondary N) is 2. The molecule has 6 heteroatoms. The highest BCUT2D eigenvalue weighted by molar-refractivity contribution is 5.74. The number of carbonyl (C=O) groups is 2. The number of carbonyl (C=O) groups excluding carboxylic acids is 2. The molecule has 0 radical (unpaired) electrons. The maximum absolute atomic E-state index is 11.8. The van der Waals surface area contributed by atoms with Crippen LogP contribution >= 0.6 is 0 Å². The van der Waals surface area contributed by atoms with Gasteiger partial charge in [0.05, 0.1) is 0 Å². The van der Waals surface area contributed by atoms with Crippen LogP contribution in [0.2, 0.25) is 0 Å². The lowest BCUT2D eigenvalue weighted by Gasteiger charge is -2.22. The van der Waals surface area contributed by atoms with Crippen LogP contribution in [-0.4, -0.2) is 48.8 Å². The van der Waals surface area contributed by atoms with Gasteiger partial charge in [0, 0.05) is 26.2 Å². The van der Waals surface area contributed by atoms with Gasteiger partial charge in [-0.15, -0.1) is 0 Å². The van der Waals surface area contributed by atoms with Gasteiger partial charge in [0.25, 0.3) is 0 Å². The highest BCUT2D eigenvalue weighted by atomic mass is 16.6. The molecule has 6 nitrogen and oxygen atoms in total. The molecule has 0 aromatic rings. The summed E-state index contributed by atoms with van der Waals surface area (Å²) < 4.78 is 5.09. The van der Waals surface area contributed by atoms with Gasteiger partial charge in [-0.1, -0.05) is 13.3 Å². The number of rotatable bonds is 7. The van der Waals surface area contributed by atoms with Crippen molar-refractivity contribution in [1.82, 2.24) is 15.5 Å². The summed E-state index contributed by atoms with van der Waals surface area (Å²) >= 11 is 0. The summed E-state index contributed by atoms with van der Waals surface area (Å²) in [5.41, 5.74) is -0.507. The average molecular weight is 287 g/mol. The van der Waals surface area contributed by atoms with Crippen LogP contribution in [0.4, 0.5) is 9.59 Å². The highest BCUT2D eigenvalue weighted by Gasteiger charge is 2.15. The Morgan fingerprint density at radius 2 is 1.70 bits per heavy atom. The van der Waals surface area contributed by atoms with Crippen molar-refractivity contribution in [3.8, 4) is 0 Å². The molecule has 0 saturated heterocycles. The number of urea groups is 1. The molecule has 118 valence electrons. The molecule has 0 unspecified atom stereocenters. The van der Waals surface area contributed by atoms with E-state index in [1.807, 2.05) is 6.92 Å². The SMILES string of the molecule is CCCCN(CC)C(=O)NCCNC(=O)OC(C)(C)C. The fourth-order valence-corrected chi connectivity index (χ4v) is 1.51. The molecule has 0 aliphatic carbocycles. The molecule has 0 aliphatic rings. The number of amides is 3. The lowest BCUT2D eigenvalue weighted by atomic mass is 10.2. The van der Waals surface area contributed by atoms with Crippen molar-refractivity contribution >= 4 is 12.1 Å². The molecule has 0 rings (SSSR count). The Morgan fingerprint density at radius 1 is 1.10 bits per heavy atom. The zero-order valence-corrected chi connectivity index (χ0v) is 13.4. The third kappa shape index (κ3) is 9.47. The van der Waals surface area contributed by atoms with E-state index in [0.29, 0.717) is 19.6 Å². The quantitative estimate of drug-likeness (QED) is 0.706. The monoisotopic (exact) mass is 287 g/mol. The summed E-state index contributed by atoms with van der Waals surface area (Å²) in [6, 6.07) is -0.0908. The second kappa shape index (κ2) is 9.44. The molecule has 0 spiro atoms. The highest BCUT2D eigenvalue weighted by Crippen LogP contribution is 2.05. The van der Waals surface area contributed by atoms with E-state index in [9.17, 15) is 9.59 Å². The van der Waals surface area contributed by atoms with Crippen LogP contribution in [0.3, 0.4) is 0 Å². The molecular weight excluding hydrogens is 258 g/mol. The third-order valence-electron chi connectivity index (χ3n) is 2.52. The Bertz CT molecular complexity index is 301. The number of nitrogens with zero attached hydrogens (tertiary/aromatic N) is 1. The normalized spacial score (nSPS) is 10.8. The summed E-state index contributed by atoms with van der Waals surface area (Å²) in [5.74, 6) is 0. The zero-order chi connectivity index (χ0) is 15.6. The first kappa shape index (κ1) is 18.5. The van der Waals surface area contributed by atoms with Crippen molar-refractivity contribution in [1.29, 1.82) is 0 Å². The van der Waals surface area contributed by atoms with Gasteiger partial charge in [-0.05, 0) is 34.1 Å². The molecule has 3 amide bonds. The number of ether oxygens (including phenoxy) is 1. The van der Waals surface area contributed by atoms with Crippen LogP contribution in [0.15, 0.2) is 0 Å². The molecule has 20 heavy (non-hydrogen) atoms. The van der Waals surface area contributed by atoms with E-state index in [1.165, 1.54) is 0 Å². The minimum atomic E-state index is -0.507. The fourth-order valence-electron chi connectivity index (χ4n) is 1.51. The molecule has 0 heterocycles. The standard InChI is InChI=1S/C14H29N3O3/c1-6-8-11-17(7-2)12(18)15-9-10-16-13(19)20-14(3,4)5/h6-11H2,1-5H3,(H,15,18)(H,16,19). The van der Waals surface area contributed by atoms with Gasteiger partial charge in [-0.25, -0.2) is 9.59 Å². The van der Waals surface area contributed by atoms with Crippen LogP contribution in [0.1, 0.15) is 47.5 Å². The van der Waals surface area contributed by atoms with Crippen LogP contribution in [-0.2, 0) is 4.74 Å². The lowest BCUT2D eigenvalue weighted by Crippen LogP contribution is -2.44. The van der Waals surface area contributed by atoms with E-state index in [-0.39, 0.29) is 6.03 Å². The summed E-state index contributed by atoms with van der Waals surface area (Å²) in [5, 5.41) is 5.38. The third-order valence-corrected chi connectivity index (χ3v) is 2.52. The molecule has 0 saturated carbocycles. The minimum Gasteiger partial charge on any atom is -0.444 e. The van der Waals surface area contributed by atoms with E-state index in [1.54, 1.807) is 25.7 Å². The smallest absolute Gasteiger partial charge is 0.407 e. The zero-order valence-electron chi connectivity index (χ0n) is 13.4. The van der Waals surface area contributed by atoms with Gasteiger partial charge >= 0.3 is 12.1 Å². The summed E-state index contributed by atoms with van der Waals surface area (Å²) in [6.45, 7) is 11.7. The molecule has 0 aromatic heterocycles. The number of hydrogen-bond acceptors (Lipinski definition) is 3. The maximum atomic E-state index is 11.8. The first-order chi connectivity index (χ1) is 9.30. The van der Waals surface area contributed by atoms with Gasteiger partial charge in [0.1, 0.15) is 5.60 Å². The van der Waals surface area contributed by atoms with Crippen molar-refractivity contribution in [2.75, 3.05) is 26.2 Å². The Labute approximate surface area is 122 Å². The predicted molar refractivity (Wildman–Crippen MR) is 79.8 cm³/mol. The molecular formula is C14H29N3O3. The second-order valence-corrected chi connectivity index (χ2v) is 5.59. The van der Waals surface area contributed by atoms with Crippen molar-refractivity contribution in [3.05, 3.63) is 0 Å². The van der Waals surface area contributed by atoms with Crippen LogP contribution < -0.4 is 10.6 Å². The van der Waals surface area contributed by atoms with Crippen molar-refractivity contribution < 1.29 is 14.3 Å². The lowest BCUT2D eigenvalue weighted by molar-refractivity contribution is 0.0528. The number of hydrogen-bond donors (Lipinski definition) is 2. The maximum Gasteiger partial charge on any atom is 0.407 e. The first-order valence-corrected chi connectivity index (χ1v) is 7.29. The number of unbranched alkanes of at least 4 members (excludes halogenated alkanes) is 1. The van der Waals surface area contributed by atoms with Crippen molar-refractivity contribution in [2.24, 2.45) is 0 Å². The van der Waals surface area contributed by atoms with Gasteiger partial charge in [0.15, 0.2) is 0 Å². The summed E-state index contributed by atoms with van der Waals surface area (Å²) in [4.78, 5) is 25.0.